The average Bonchev–Trinajstić information content (AvgIpc) is 3.30. The van der Waals surface area contributed by atoms with Gasteiger partial charge in [-0.2, -0.15) is 0 Å². The van der Waals surface area contributed by atoms with Gasteiger partial charge in [-0.05, 0) is 51.1 Å². The van der Waals surface area contributed by atoms with Gasteiger partial charge in [-0.3, -0.25) is 9.89 Å². The zero-order valence-corrected chi connectivity index (χ0v) is 18.6. The van der Waals surface area contributed by atoms with E-state index in [1.54, 1.807) is 0 Å². The number of guanidine groups is 1. The van der Waals surface area contributed by atoms with Crippen LogP contribution in [-0.4, -0.2) is 74.8 Å². The molecule has 0 amide bonds. The zero-order chi connectivity index (χ0) is 17.0. The second-order valence-corrected chi connectivity index (χ2v) is 8.43. The number of rotatable bonds is 5. The molecule has 3 heterocycles. The molecular formula is C19H37IN4O. The molecule has 0 radical (unpaired) electrons. The van der Waals surface area contributed by atoms with Crippen molar-refractivity contribution in [3.63, 3.8) is 0 Å². The van der Waals surface area contributed by atoms with Crippen LogP contribution in [0.3, 0.4) is 0 Å². The molecule has 25 heavy (non-hydrogen) atoms. The fourth-order valence-electron chi connectivity index (χ4n) is 4.64. The molecule has 3 aliphatic rings. The highest BCUT2D eigenvalue weighted by atomic mass is 127. The van der Waals surface area contributed by atoms with Gasteiger partial charge in [0.05, 0.1) is 6.61 Å². The number of halogens is 1. The first-order chi connectivity index (χ1) is 11.6. The SMILES string of the molecule is CN=C(NCC(CC(C)C)N1CCCC1)N1CCC2(CCOC2)C1.I. The lowest BCUT2D eigenvalue weighted by Crippen LogP contribution is -2.48. The lowest BCUT2D eigenvalue weighted by Gasteiger charge is -2.31. The van der Waals surface area contributed by atoms with Gasteiger partial charge >= 0.3 is 0 Å². The third-order valence-electron chi connectivity index (χ3n) is 6.03. The zero-order valence-electron chi connectivity index (χ0n) is 16.3. The maximum Gasteiger partial charge on any atom is 0.193 e. The van der Waals surface area contributed by atoms with E-state index in [9.17, 15) is 0 Å². The molecule has 0 aromatic heterocycles. The molecule has 0 aromatic carbocycles. The number of hydrogen-bond acceptors (Lipinski definition) is 3. The predicted octanol–water partition coefficient (Wildman–Crippen LogP) is 2.80. The van der Waals surface area contributed by atoms with E-state index in [0.717, 1.165) is 44.7 Å². The van der Waals surface area contributed by atoms with Crippen molar-refractivity contribution in [2.75, 3.05) is 53.0 Å². The van der Waals surface area contributed by atoms with Crippen molar-refractivity contribution < 1.29 is 4.74 Å². The van der Waals surface area contributed by atoms with Gasteiger partial charge in [0.25, 0.3) is 0 Å². The third-order valence-corrected chi connectivity index (χ3v) is 6.03. The molecule has 0 saturated carbocycles. The molecule has 6 heteroatoms. The van der Waals surface area contributed by atoms with Gasteiger partial charge < -0.3 is 15.0 Å². The van der Waals surface area contributed by atoms with E-state index in [4.69, 9.17) is 4.74 Å². The quantitative estimate of drug-likeness (QED) is 0.386. The van der Waals surface area contributed by atoms with Crippen LogP contribution < -0.4 is 5.32 Å². The Bertz CT molecular complexity index is 431. The molecule has 1 N–H and O–H groups in total. The van der Waals surface area contributed by atoms with Crippen molar-refractivity contribution in [3.05, 3.63) is 0 Å². The first kappa shape index (κ1) is 21.2. The van der Waals surface area contributed by atoms with Crippen molar-refractivity contribution in [2.24, 2.45) is 16.3 Å². The molecule has 3 fully saturated rings. The van der Waals surface area contributed by atoms with Gasteiger partial charge in [-0.1, -0.05) is 13.8 Å². The Morgan fingerprint density at radius 2 is 1.96 bits per heavy atom. The number of nitrogens with zero attached hydrogens (tertiary/aromatic N) is 3. The molecule has 0 aliphatic carbocycles. The maximum absolute atomic E-state index is 5.66. The molecule has 146 valence electrons. The van der Waals surface area contributed by atoms with E-state index >= 15 is 0 Å². The smallest absolute Gasteiger partial charge is 0.193 e. The molecular weight excluding hydrogens is 427 g/mol. The summed E-state index contributed by atoms with van der Waals surface area (Å²) in [6.45, 7) is 12.3. The van der Waals surface area contributed by atoms with Crippen LogP contribution in [0.2, 0.25) is 0 Å². The average molecular weight is 464 g/mol. The minimum Gasteiger partial charge on any atom is -0.381 e. The number of aliphatic imine (C=N–C) groups is 1. The highest BCUT2D eigenvalue weighted by Gasteiger charge is 2.42. The molecule has 3 aliphatic heterocycles. The molecule has 0 bridgehead atoms. The number of likely N-dealkylation sites (tertiary alicyclic amines) is 2. The molecule has 2 atom stereocenters. The summed E-state index contributed by atoms with van der Waals surface area (Å²) in [5.41, 5.74) is 0.393. The number of ether oxygens (including phenoxy) is 1. The summed E-state index contributed by atoms with van der Waals surface area (Å²) in [6.07, 6.45) is 6.44. The third kappa shape index (κ3) is 5.45. The van der Waals surface area contributed by atoms with Crippen molar-refractivity contribution in [1.29, 1.82) is 0 Å². The monoisotopic (exact) mass is 464 g/mol. The van der Waals surface area contributed by atoms with E-state index in [1.165, 1.54) is 45.2 Å². The lowest BCUT2D eigenvalue weighted by molar-refractivity contribution is 0.156. The van der Waals surface area contributed by atoms with Crippen LogP contribution in [0.5, 0.6) is 0 Å². The maximum atomic E-state index is 5.66. The van der Waals surface area contributed by atoms with Crippen molar-refractivity contribution in [3.8, 4) is 0 Å². The fourth-order valence-corrected chi connectivity index (χ4v) is 4.64. The summed E-state index contributed by atoms with van der Waals surface area (Å²) in [7, 11) is 1.92. The highest BCUT2D eigenvalue weighted by molar-refractivity contribution is 14.0. The van der Waals surface area contributed by atoms with Gasteiger partial charge in [0.2, 0.25) is 0 Å². The molecule has 3 saturated heterocycles. The summed E-state index contributed by atoms with van der Waals surface area (Å²) in [4.78, 5) is 9.70. The van der Waals surface area contributed by atoms with Gasteiger partial charge in [-0.25, -0.2) is 0 Å². The van der Waals surface area contributed by atoms with Crippen LogP contribution in [0.1, 0.15) is 46.0 Å². The molecule has 5 nitrogen and oxygen atoms in total. The van der Waals surface area contributed by atoms with Crippen molar-refractivity contribution >= 4 is 29.9 Å². The van der Waals surface area contributed by atoms with E-state index in [2.05, 4.69) is 34.0 Å². The van der Waals surface area contributed by atoms with Gasteiger partial charge in [0.1, 0.15) is 0 Å². The van der Waals surface area contributed by atoms with Crippen molar-refractivity contribution in [1.82, 2.24) is 15.1 Å². The summed E-state index contributed by atoms with van der Waals surface area (Å²) >= 11 is 0. The summed E-state index contributed by atoms with van der Waals surface area (Å²) in [5.74, 6) is 1.83. The summed E-state index contributed by atoms with van der Waals surface area (Å²) < 4.78 is 5.66. The van der Waals surface area contributed by atoms with Crippen LogP contribution in [0, 0.1) is 11.3 Å². The molecule has 2 unspecified atom stereocenters. The second-order valence-electron chi connectivity index (χ2n) is 8.43. The van der Waals surface area contributed by atoms with Crippen LogP contribution in [-0.2, 0) is 4.74 Å². The van der Waals surface area contributed by atoms with Crippen molar-refractivity contribution in [2.45, 2.75) is 52.0 Å². The topological polar surface area (TPSA) is 40.1 Å². The highest BCUT2D eigenvalue weighted by Crippen LogP contribution is 2.38. The Morgan fingerprint density at radius 1 is 1.20 bits per heavy atom. The van der Waals surface area contributed by atoms with Crippen LogP contribution in [0.15, 0.2) is 4.99 Å². The van der Waals surface area contributed by atoms with Crippen LogP contribution in [0.25, 0.3) is 0 Å². The standard InChI is InChI=1S/C19H36N4O.HI/c1-16(2)12-17(22-8-4-5-9-22)13-21-18(20-3)23-10-6-19(14-23)7-11-24-15-19;/h16-17H,4-15H2,1-3H3,(H,20,21);1H. The first-order valence-electron chi connectivity index (χ1n) is 9.89. The van der Waals surface area contributed by atoms with Gasteiger partial charge in [-0.15, -0.1) is 24.0 Å². The summed E-state index contributed by atoms with van der Waals surface area (Å²) in [6, 6.07) is 0.635. The van der Waals surface area contributed by atoms with Crippen LogP contribution in [0.4, 0.5) is 0 Å². The normalized spacial score (nSPS) is 28.8. The fraction of sp³-hybridized carbons (Fsp3) is 0.947. The minimum atomic E-state index is 0. The van der Waals surface area contributed by atoms with Gasteiger partial charge in [0, 0.05) is 44.7 Å². The predicted molar refractivity (Wildman–Crippen MR) is 115 cm³/mol. The second kappa shape index (κ2) is 9.74. The van der Waals surface area contributed by atoms with E-state index in [1.807, 2.05) is 7.05 Å². The number of hydrogen-bond donors (Lipinski definition) is 1. The Balaban J connectivity index is 0.00000225. The Kier molecular flexibility index (Phi) is 8.27. The van der Waals surface area contributed by atoms with E-state index < -0.39 is 0 Å². The molecule has 3 rings (SSSR count). The lowest BCUT2D eigenvalue weighted by atomic mass is 9.87. The Hall–Kier alpha value is -0.0800. The Labute approximate surface area is 171 Å². The van der Waals surface area contributed by atoms with Gasteiger partial charge in [0.15, 0.2) is 5.96 Å². The summed E-state index contributed by atoms with van der Waals surface area (Å²) in [5, 5.41) is 3.69. The van der Waals surface area contributed by atoms with Crippen LogP contribution >= 0.6 is 24.0 Å². The largest absolute Gasteiger partial charge is 0.381 e. The minimum absolute atomic E-state index is 0. The van der Waals surface area contributed by atoms with E-state index in [0.29, 0.717) is 11.5 Å². The Morgan fingerprint density at radius 3 is 2.56 bits per heavy atom. The first-order valence-corrected chi connectivity index (χ1v) is 9.89. The van der Waals surface area contributed by atoms with E-state index in [-0.39, 0.29) is 24.0 Å². The number of nitrogens with one attached hydrogen (secondary N) is 1. The molecule has 0 aromatic rings. The molecule has 1 spiro atoms.